The van der Waals surface area contributed by atoms with E-state index in [0.717, 1.165) is 0 Å². The van der Waals surface area contributed by atoms with Crippen molar-refractivity contribution in [1.29, 1.82) is 0 Å². The second kappa shape index (κ2) is 6.51. The Morgan fingerprint density at radius 3 is 2.76 bits per heavy atom. The third kappa shape index (κ3) is 4.66. The van der Waals surface area contributed by atoms with Crippen molar-refractivity contribution in [2.75, 3.05) is 6.54 Å². The molecule has 0 saturated heterocycles. The zero-order valence-corrected chi connectivity index (χ0v) is 10.7. The third-order valence-electron chi connectivity index (χ3n) is 2.08. The zero-order chi connectivity index (χ0) is 12.8. The van der Waals surface area contributed by atoms with Gasteiger partial charge >= 0.3 is 0 Å². The average Bonchev–Trinajstić information content (AvgIpc) is 2.27. The van der Waals surface area contributed by atoms with Gasteiger partial charge in [0.15, 0.2) is 0 Å². The normalized spacial score (nSPS) is 10.0. The fourth-order valence-corrected chi connectivity index (χ4v) is 1.65. The van der Waals surface area contributed by atoms with E-state index < -0.39 is 0 Å². The van der Waals surface area contributed by atoms with Gasteiger partial charge < -0.3 is 11.1 Å². The Morgan fingerprint density at radius 1 is 1.41 bits per heavy atom. The fourth-order valence-electron chi connectivity index (χ4n) is 1.25. The molecular formula is C11H13ClN2O2S. The number of carbonyl (C=O) groups excluding carboxylic acids is 2. The van der Waals surface area contributed by atoms with Crippen LogP contribution in [0.15, 0.2) is 23.1 Å². The van der Waals surface area contributed by atoms with Crippen LogP contribution in [0, 0.1) is 0 Å². The molecule has 1 rings (SSSR count). The first-order valence-corrected chi connectivity index (χ1v) is 5.88. The maximum Gasteiger partial charge on any atom is 0.252 e. The highest BCUT2D eigenvalue weighted by Gasteiger charge is 2.09. The smallest absolute Gasteiger partial charge is 0.252 e. The summed E-state index contributed by atoms with van der Waals surface area (Å²) in [5.74, 6) is -0.662. The van der Waals surface area contributed by atoms with Gasteiger partial charge in [0.05, 0.1) is 10.6 Å². The number of primary amides is 1. The molecule has 3 N–H and O–H groups in total. The van der Waals surface area contributed by atoms with E-state index in [1.807, 2.05) is 0 Å². The van der Waals surface area contributed by atoms with Crippen molar-refractivity contribution in [3.8, 4) is 0 Å². The van der Waals surface area contributed by atoms with Crippen LogP contribution >= 0.6 is 24.2 Å². The molecule has 0 saturated carbocycles. The van der Waals surface area contributed by atoms with Crippen molar-refractivity contribution in [3.05, 3.63) is 28.8 Å². The summed E-state index contributed by atoms with van der Waals surface area (Å²) in [5.41, 5.74) is 5.35. The number of nitrogens with one attached hydrogen (secondary N) is 1. The van der Waals surface area contributed by atoms with Crippen LogP contribution in [0.2, 0.25) is 5.02 Å². The molecule has 0 fully saturated rings. The zero-order valence-electron chi connectivity index (χ0n) is 9.07. The Labute approximate surface area is 110 Å². The molecule has 17 heavy (non-hydrogen) atoms. The number of hydrogen-bond donors (Lipinski definition) is 3. The first-order valence-electron chi connectivity index (χ1n) is 5.05. The number of carbonyl (C=O) groups is 2. The van der Waals surface area contributed by atoms with Crippen molar-refractivity contribution in [3.63, 3.8) is 0 Å². The van der Waals surface area contributed by atoms with E-state index in [1.54, 1.807) is 18.2 Å². The van der Waals surface area contributed by atoms with Crippen molar-refractivity contribution in [2.45, 2.75) is 17.7 Å². The number of thiol groups is 1. The summed E-state index contributed by atoms with van der Waals surface area (Å²) in [4.78, 5) is 22.9. The number of nitrogens with two attached hydrogens (primary N) is 1. The lowest BCUT2D eigenvalue weighted by molar-refractivity contribution is -0.118. The fraction of sp³-hybridized carbons (Fsp3) is 0.273. The first-order chi connectivity index (χ1) is 8.00. The van der Waals surface area contributed by atoms with Crippen LogP contribution in [0.3, 0.4) is 0 Å². The highest BCUT2D eigenvalue weighted by Crippen LogP contribution is 2.19. The SMILES string of the molecule is NC(=O)CCCNC(=O)c1cc(S)ccc1Cl. The molecule has 0 aliphatic heterocycles. The summed E-state index contributed by atoms with van der Waals surface area (Å²) in [6, 6.07) is 4.91. The summed E-state index contributed by atoms with van der Waals surface area (Å²) in [7, 11) is 0. The van der Waals surface area contributed by atoms with Gasteiger partial charge in [-0.3, -0.25) is 9.59 Å². The van der Waals surface area contributed by atoms with E-state index in [1.165, 1.54) is 0 Å². The van der Waals surface area contributed by atoms with Gasteiger partial charge in [-0.25, -0.2) is 0 Å². The highest BCUT2D eigenvalue weighted by atomic mass is 35.5. The summed E-state index contributed by atoms with van der Waals surface area (Å²) in [5, 5.41) is 3.03. The first kappa shape index (κ1) is 13.9. The number of rotatable bonds is 5. The van der Waals surface area contributed by atoms with Crippen LogP contribution < -0.4 is 11.1 Å². The summed E-state index contributed by atoms with van der Waals surface area (Å²) in [6.07, 6.45) is 0.764. The minimum Gasteiger partial charge on any atom is -0.370 e. The molecule has 0 bridgehead atoms. The molecule has 0 radical (unpaired) electrons. The molecule has 0 aliphatic carbocycles. The van der Waals surface area contributed by atoms with E-state index in [2.05, 4.69) is 17.9 Å². The number of amides is 2. The molecule has 0 aromatic heterocycles. The lowest BCUT2D eigenvalue weighted by Crippen LogP contribution is -2.25. The second-order valence-electron chi connectivity index (χ2n) is 3.49. The lowest BCUT2D eigenvalue weighted by Gasteiger charge is -2.06. The minimum absolute atomic E-state index is 0.251. The molecule has 0 aliphatic rings. The molecule has 0 spiro atoms. The topological polar surface area (TPSA) is 72.2 Å². The summed E-state index contributed by atoms with van der Waals surface area (Å²) < 4.78 is 0. The van der Waals surface area contributed by atoms with Gasteiger partial charge in [0, 0.05) is 17.9 Å². The van der Waals surface area contributed by atoms with E-state index in [-0.39, 0.29) is 18.2 Å². The predicted octanol–water partition coefficient (Wildman–Crippen LogP) is 1.62. The number of halogens is 1. The Hall–Kier alpha value is -1.20. The highest BCUT2D eigenvalue weighted by molar-refractivity contribution is 7.80. The molecule has 92 valence electrons. The summed E-state index contributed by atoms with van der Waals surface area (Å²) >= 11 is 10.0. The van der Waals surface area contributed by atoms with Gasteiger partial charge in [0.1, 0.15) is 0 Å². The maximum atomic E-state index is 11.7. The van der Waals surface area contributed by atoms with Gasteiger partial charge in [-0.1, -0.05) is 11.6 Å². The van der Waals surface area contributed by atoms with Crippen LogP contribution in [0.5, 0.6) is 0 Å². The van der Waals surface area contributed by atoms with Gasteiger partial charge in [-0.15, -0.1) is 12.6 Å². The molecule has 2 amide bonds. The monoisotopic (exact) mass is 272 g/mol. The van der Waals surface area contributed by atoms with Crippen molar-refractivity contribution in [2.24, 2.45) is 5.73 Å². The van der Waals surface area contributed by atoms with Crippen molar-refractivity contribution < 1.29 is 9.59 Å². The molecular weight excluding hydrogens is 260 g/mol. The van der Waals surface area contributed by atoms with E-state index in [9.17, 15) is 9.59 Å². The Morgan fingerprint density at radius 2 is 2.12 bits per heavy atom. The minimum atomic E-state index is -0.380. The van der Waals surface area contributed by atoms with Crippen LogP contribution in [0.1, 0.15) is 23.2 Å². The number of hydrogen-bond acceptors (Lipinski definition) is 3. The molecule has 0 heterocycles. The van der Waals surface area contributed by atoms with Crippen LogP contribution in [-0.4, -0.2) is 18.4 Å². The van der Waals surface area contributed by atoms with E-state index in [4.69, 9.17) is 17.3 Å². The van der Waals surface area contributed by atoms with Gasteiger partial charge in [-0.2, -0.15) is 0 Å². The predicted molar refractivity (Wildman–Crippen MR) is 69.5 cm³/mol. The third-order valence-corrected chi connectivity index (χ3v) is 2.69. The molecule has 6 heteroatoms. The van der Waals surface area contributed by atoms with Gasteiger partial charge in [0.2, 0.25) is 5.91 Å². The van der Waals surface area contributed by atoms with E-state index in [0.29, 0.717) is 28.4 Å². The largest absolute Gasteiger partial charge is 0.370 e. The van der Waals surface area contributed by atoms with Gasteiger partial charge in [0.25, 0.3) is 5.91 Å². The molecule has 0 atom stereocenters. The van der Waals surface area contributed by atoms with Gasteiger partial charge in [-0.05, 0) is 24.6 Å². The quantitative estimate of drug-likeness (QED) is 0.563. The average molecular weight is 273 g/mol. The standard InChI is InChI=1S/C11H13ClN2O2S/c12-9-4-3-7(17)6-8(9)11(16)14-5-1-2-10(13)15/h3-4,6,17H,1-2,5H2,(H2,13,15)(H,14,16). The van der Waals surface area contributed by atoms with Crippen LogP contribution in [-0.2, 0) is 4.79 Å². The van der Waals surface area contributed by atoms with E-state index >= 15 is 0 Å². The Bertz CT molecular complexity index is 437. The molecule has 1 aromatic rings. The number of benzene rings is 1. The maximum absolute atomic E-state index is 11.7. The lowest BCUT2D eigenvalue weighted by atomic mass is 10.2. The molecule has 4 nitrogen and oxygen atoms in total. The Balaban J connectivity index is 2.52. The van der Waals surface area contributed by atoms with Crippen LogP contribution in [0.25, 0.3) is 0 Å². The van der Waals surface area contributed by atoms with Crippen molar-refractivity contribution in [1.82, 2.24) is 5.32 Å². The summed E-state index contributed by atoms with van der Waals surface area (Å²) in [6.45, 7) is 0.384. The van der Waals surface area contributed by atoms with Crippen molar-refractivity contribution >= 4 is 36.0 Å². The molecule has 1 aromatic carbocycles. The molecule has 0 unspecified atom stereocenters. The van der Waals surface area contributed by atoms with Crippen LogP contribution in [0.4, 0.5) is 0 Å². The Kier molecular flexibility index (Phi) is 5.31. The second-order valence-corrected chi connectivity index (χ2v) is 4.41.